The molecule has 1 saturated heterocycles. The van der Waals surface area contributed by atoms with Crippen molar-refractivity contribution in [3.63, 3.8) is 0 Å². The van der Waals surface area contributed by atoms with Crippen molar-refractivity contribution in [3.05, 3.63) is 88.9 Å². The van der Waals surface area contributed by atoms with Crippen LogP contribution in [0.5, 0.6) is 0 Å². The first kappa shape index (κ1) is 23.8. The molecule has 6 nitrogen and oxygen atoms in total. The number of nitrogens with zero attached hydrogens (tertiary/aromatic N) is 4. The van der Waals surface area contributed by atoms with E-state index in [2.05, 4.69) is 87.6 Å². The number of H-pyrrole nitrogens is 1. The fourth-order valence-corrected chi connectivity index (χ4v) is 4.82. The van der Waals surface area contributed by atoms with Gasteiger partial charge in [0.2, 0.25) is 0 Å². The second kappa shape index (κ2) is 10.8. The number of aryl methyl sites for hydroxylation is 1. The molecule has 0 saturated carbocycles. The van der Waals surface area contributed by atoms with Crippen LogP contribution < -0.4 is 5.32 Å². The van der Waals surface area contributed by atoms with E-state index in [9.17, 15) is 5.26 Å². The lowest BCUT2D eigenvalue weighted by molar-refractivity contribution is 0.269. The van der Waals surface area contributed by atoms with Crippen LogP contribution in [0.4, 0.5) is 11.4 Å². The summed E-state index contributed by atoms with van der Waals surface area (Å²) in [5, 5.41) is 14.4. The SMILES string of the molecule is Cc1c(Nc2c(C#N)cncc2/C=C/c2ccc(CN3CCCN(C)CC3)cc2)ccc2[nH]ccc12. The van der Waals surface area contributed by atoms with Crippen molar-refractivity contribution in [2.24, 2.45) is 0 Å². The first-order valence-electron chi connectivity index (χ1n) is 12.5. The van der Waals surface area contributed by atoms with Gasteiger partial charge in [-0.3, -0.25) is 9.88 Å². The van der Waals surface area contributed by atoms with Crippen LogP contribution in [0.25, 0.3) is 23.1 Å². The summed E-state index contributed by atoms with van der Waals surface area (Å²) >= 11 is 0. The molecule has 0 spiro atoms. The highest BCUT2D eigenvalue weighted by Crippen LogP contribution is 2.31. The number of rotatable bonds is 6. The quantitative estimate of drug-likeness (QED) is 0.368. The third-order valence-electron chi connectivity index (χ3n) is 7.01. The molecule has 1 aliphatic heterocycles. The highest BCUT2D eigenvalue weighted by molar-refractivity contribution is 5.90. The number of nitrogens with one attached hydrogen (secondary N) is 2. The van der Waals surface area contributed by atoms with E-state index in [1.807, 2.05) is 18.3 Å². The predicted molar refractivity (Wildman–Crippen MR) is 148 cm³/mol. The minimum atomic E-state index is 0.518. The zero-order valence-corrected chi connectivity index (χ0v) is 21.0. The number of aromatic amines is 1. The van der Waals surface area contributed by atoms with Crippen LogP contribution in [-0.4, -0.2) is 53.0 Å². The molecule has 0 bridgehead atoms. The van der Waals surface area contributed by atoms with Gasteiger partial charge in [0.05, 0.1) is 11.3 Å². The van der Waals surface area contributed by atoms with Crippen LogP contribution in [0.1, 0.15) is 34.2 Å². The van der Waals surface area contributed by atoms with Crippen molar-refractivity contribution in [2.45, 2.75) is 19.9 Å². The standard InChI is InChI=1S/C30H32N6/c1-22-27-12-13-33-29(27)11-10-28(22)34-30-25(19-32-20-26(30)18-31)9-8-23-4-6-24(7-5-23)21-36-15-3-14-35(2)16-17-36/h4-13,19-20,33H,3,14-17,21H2,1-2H3,(H,32,34)/b9-8+. The molecule has 2 aromatic carbocycles. The summed E-state index contributed by atoms with van der Waals surface area (Å²) in [4.78, 5) is 12.5. The molecule has 1 aliphatic rings. The van der Waals surface area contributed by atoms with E-state index in [1.54, 1.807) is 12.4 Å². The Morgan fingerprint density at radius 2 is 1.89 bits per heavy atom. The lowest BCUT2D eigenvalue weighted by Gasteiger charge is -2.20. The molecule has 36 heavy (non-hydrogen) atoms. The van der Waals surface area contributed by atoms with Crippen LogP contribution in [0.2, 0.25) is 0 Å². The fraction of sp³-hybridized carbons (Fsp3) is 0.267. The van der Waals surface area contributed by atoms with Crippen LogP contribution in [0.15, 0.2) is 61.1 Å². The maximum atomic E-state index is 9.75. The summed E-state index contributed by atoms with van der Waals surface area (Å²) in [5.74, 6) is 0. The number of nitriles is 1. The Labute approximate surface area is 212 Å². The minimum Gasteiger partial charge on any atom is -0.361 e. The van der Waals surface area contributed by atoms with Gasteiger partial charge in [-0.05, 0) is 68.4 Å². The molecule has 0 radical (unpaired) electrons. The number of hydrogen-bond donors (Lipinski definition) is 2. The van der Waals surface area contributed by atoms with E-state index >= 15 is 0 Å². The summed E-state index contributed by atoms with van der Waals surface area (Å²) in [6, 6.07) is 17.2. The zero-order valence-electron chi connectivity index (χ0n) is 21.0. The highest BCUT2D eigenvalue weighted by atomic mass is 15.2. The van der Waals surface area contributed by atoms with Gasteiger partial charge >= 0.3 is 0 Å². The van der Waals surface area contributed by atoms with E-state index in [-0.39, 0.29) is 0 Å². The van der Waals surface area contributed by atoms with Crippen molar-refractivity contribution in [1.82, 2.24) is 19.8 Å². The average molecular weight is 477 g/mol. The lowest BCUT2D eigenvalue weighted by atomic mass is 10.1. The van der Waals surface area contributed by atoms with Gasteiger partial charge in [0.25, 0.3) is 0 Å². The summed E-state index contributed by atoms with van der Waals surface area (Å²) in [6.45, 7) is 7.66. The Morgan fingerprint density at radius 1 is 1.03 bits per heavy atom. The Kier molecular flexibility index (Phi) is 7.13. The third-order valence-corrected chi connectivity index (χ3v) is 7.01. The second-order valence-electron chi connectivity index (χ2n) is 9.57. The van der Waals surface area contributed by atoms with Gasteiger partial charge in [-0.2, -0.15) is 5.26 Å². The second-order valence-corrected chi connectivity index (χ2v) is 9.57. The van der Waals surface area contributed by atoms with Gasteiger partial charge in [-0.25, -0.2) is 0 Å². The number of fused-ring (bicyclic) bond motifs is 1. The molecule has 2 N–H and O–H groups in total. The van der Waals surface area contributed by atoms with Gasteiger partial charge in [0, 0.05) is 60.4 Å². The first-order chi connectivity index (χ1) is 17.6. The van der Waals surface area contributed by atoms with Gasteiger partial charge in [-0.1, -0.05) is 36.4 Å². The zero-order chi connectivity index (χ0) is 24.9. The van der Waals surface area contributed by atoms with Crippen molar-refractivity contribution < 1.29 is 0 Å². The van der Waals surface area contributed by atoms with Crippen LogP contribution in [-0.2, 0) is 6.54 Å². The van der Waals surface area contributed by atoms with E-state index < -0.39 is 0 Å². The molecule has 1 fully saturated rings. The van der Waals surface area contributed by atoms with E-state index in [4.69, 9.17) is 0 Å². The molecule has 0 aliphatic carbocycles. The number of likely N-dealkylation sites (N-methyl/N-ethyl adjacent to an activating group) is 1. The largest absolute Gasteiger partial charge is 0.361 e. The number of hydrogen-bond acceptors (Lipinski definition) is 5. The molecule has 0 unspecified atom stereocenters. The van der Waals surface area contributed by atoms with E-state index in [0.29, 0.717) is 5.56 Å². The topological polar surface area (TPSA) is 71.0 Å². The van der Waals surface area contributed by atoms with Gasteiger partial charge in [-0.15, -0.1) is 0 Å². The Balaban J connectivity index is 1.34. The Morgan fingerprint density at radius 3 is 2.72 bits per heavy atom. The van der Waals surface area contributed by atoms with E-state index in [0.717, 1.165) is 65.1 Å². The van der Waals surface area contributed by atoms with Crippen LogP contribution >= 0.6 is 0 Å². The molecule has 6 heteroatoms. The molecular weight excluding hydrogens is 444 g/mol. The van der Waals surface area contributed by atoms with E-state index in [1.165, 1.54) is 18.5 Å². The van der Waals surface area contributed by atoms with Crippen molar-refractivity contribution >= 4 is 34.4 Å². The summed E-state index contributed by atoms with van der Waals surface area (Å²) < 4.78 is 0. The maximum absolute atomic E-state index is 9.75. The van der Waals surface area contributed by atoms with Crippen molar-refractivity contribution in [1.29, 1.82) is 5.26 Å². The number of anilines is 2. The molecule has 3 heterocycles. The molecule has 5 rings (SSSR count). The van der Waals surface area contributed by atoms with Crippen molar-refractivity contribution in [2.75, 3.05) is 38.5 Å². The Bertz CT molecular complexity index is 1410. The number of aromatic nitrogens is 2. The minimum absolute atomic E-state index is 0.518. The number of pyridine rings is 1. The van der Waals surface area contributed by atoms with Gasteiger partial charge in [0.1, 0.15) is 6.07 Å². The third kappa shape index (κ3) is 5.33. The summed E-state index contributed by atoms with van der Waals surface area (Å²) in [6.07, 6.45) is 10.7. The molecule has 182 valence electrons. The summed E-state index contributed by atoms with van der Waals surface area (Å²) in [5.41, 5.74) is 7.82. The first-order valence-corrected chi connectivity index (χ1v) is 12.5. The summed E-state index contributed by atoms with van der Waals surface area (Å²) in [7, 11) is 2.20. The van der Waals surface area contributed by atoms with Crippen LogP contribution in [0, 0.1) is 18.3 Å². The Hall–Kier alpha value is -3.92. The maximum Gasteiger partial charge on any atom is 0.103 e. The highest BCUT2D eigenvalue weighted by Gasteiger charge is 2.13. The normalized spacial score (nSPS) is 15.2. The molecule has 4 aromatic rings. The molecule has 0 amide bonds. The molecule has 2 aromatic heterocycles. The monoisotopic (exact) mass is 476 g/mol. The lowest BCUT2D eigenvalue weighted by Crippen LogP contribution is -2.28. The average Bonchev–Trinajstić information content (AvgIpc) is 3.29. The smallest absolute Gasteiger partial charge is 0.103 e. The number of benzene rings is 2. The van der Waals surface area contributed by atoms with Crippen LogP contribution in [0.3, 0.4) is 0 Å². The van der Waals surface area contributed by atoms with Gasteiger partial charge in [0.15, 0.2) is 0 Å². The molecular formula is C30H32N6. The fourth-order valence-electron chi connectivity index (χ4n) is 4.82. The predicted octanol–water partition coefficient (Wildman–Crippen LogP) is 5.79. The van der Waals surface area contributed by atoms with Crippen molar-refractivity contribution in [3.8, 4) is 6.07 Å². The van der Waals surface area contributed by atoms with Gasteiger partial charge < -0.3 is 15.2 Å². The molecule has 0 atom stereocenters.